The highest BCUT2D eigenvalue weighted by atomic mass is 35.5. The molecule has 0 spiro atoms. The SMILES string of the molecule is Cc1cc(C)cc(NC(=O)/C=C/c2ccccc2Cl)c1. The minimum Gasteiger partial charge on any atom is -0.322 e. The van der Waals surface area contributed by atoms with Gasteiger partial charge in [0.25, 0.3) is 0 Å². The summed E-state index contributed by atoms with van der Waals surface area (Å²) in [5.74, 6) is -0.171. The molecule has 0 fully saturated rings. The first kappa shape index (κ1) is 14.4. The summed E-state index contributed by atoms with van der Waals surface area (Å²) < 4.78 is 0. The van der Waals surface area contributed by atoms with Gasteiger partial charge in [-0.2, -0.15) is 0 Å². The monoisotopic (exact) mass is 285 g/mol. The van der Waals surface area contributed by atoms with Crippen LogP contribution in [0, 0.1) is 13.8 Å². The molecule has 0 aromatic heterocycles. The molecule has 2 rings (SSSR count). The Kier molecular flexibility index (Phi) is 4.59. The molecule has 2 nitrogen and oxygen atoms in total. The van der Waals surface area contributed by atoms with Gasteiger partial charge in [0.2, 0.25) is 5.91 Å². The molecule has 0 saturated heterocycles. The van der Waals surface area contributed by atoms with Gasteiger partial charge in [-0.1, -0.05) is 35.9 Å². The Bertz CT molecular complexity index is 642. The number of carbonyl (C=O) groups is 1. The van der Waals surface area contributed by atoms with E-state index in [1.54, 1.807) is 12.1 Å². The van der Waals surface area contributed by atoms with E-state index in [0.29, 0.717) is 5.02 Å². The fourth-order valence-corrected chi connectivity index (χ4v) is 2.21. The summed E-state index contributed by atoms with van der Waals surface area (Å²) in [7, 11) is 0. The van der Waals surface area contributed by atoms with E-state index in [4.69, 9.17) is 11.6 Å². The molecule has 102 valence electrons. The number of rotatable bonds is 3. The topological polar surface area (TPSA) is 29.1 Å². The highest BCUT2D eigenvalue weighted by Gasteiger charge is 2.00. The van der Waals surface area contributed by atoms with Crippen molar-refractivity contribution in [3.8, 4) is 0 Å². The van der Waals surface area contributed by atoms with Crippen molar-refractivity contribution >= 4 is 29.3 Å². The van der Waals surface area contributed by atoms with E-state index in [0.717, 1.165) is 22.4 Å². The minimum absolute atomic E-state index is 0.171. The molecule has 2 aromatic rings. The molecule has 1 amide bonds. The van der Waals surface area contributed by atoms with E-state index >= 15 is 0 Å². The Labute approximate surface area is 124 Å². The van der Waals surface area contributed by atoms with Gasteiger partial charge in [-0.25, -0.2) is 0 Å². The van der Waals surface area contributed by atoms with Crippen LogP contribution in [0.5, 0.6) is 0 Å². The normalized spacial score (nSPS) is 10.8. The first-order chi connectivity index (χ1) is 9.54. The quantitative estimate of drug-likeness (QED) is 0.820. The summed E-state index contributed by atoms with van der Waals surface area (Å²) in [6, 6.07) is 13.3. The zero-order valence-corrected chi connectivity index (χ0v) is 12.2. The van der Waals surface area contributed by atoms with E-state index in [-0.39, 0.29) is 5.91 Å². The minimum atomic E-state index is -0.171. The summed E-state index contributed by atoms with van der Waals surface area (Å²) >= 11 is 6.03. The molecular formula is C17H16ClNO. The lowest BCUT2D eigenvalue weighted by atomic mass is 10.1. The summed E-state index contributed by atoms with van der Waals surface area (Å²) in [5.41, 5.74) is 3.87. The Balaban J connectivity index is 2.07. The van der Waals surface area contributed by atoms with Crippen LogP contribution in [0.4, 0.5) is 5.69 Å². The van der Waals surface area contributed by atoms with Crippen LogP contribution in [0.3, 0.4) is 0 Å². The lowest BCUT2D eigenvalue weighted by Crippen LogP contribution is -2.08. The van der Waals surface area contributed by atoms with Gasteiger partial charge in [-0.15, -0.1) is 0 Å². The fourth-order valence-electron chi connectivity index (χ4n) is 2.01. The molecule has 0 aliphatic carbocycles. The maximum atomic E-state index is 11.9. The van der Waals surface area contributed by atoms with Crippen molar-refractivity contribution in [1.82, 2.24) is 0 Å². The van der Waals surface area contributed by atoms with E-state index in [1.165, 1.54) is 6.08 Å². The van der Waals surface area contributed by atoms with Gasteiger partial charge in [0, 0.05) is 16.8 Å². The molecule has 2 aromatic carbocycles. The molecule has 3 heteroatoms. The maximum Gasteiger partial charge on any atom is 0.248 e. The predicted octanol–water partition coefficient (Wildman–Crippen LogP) is 4.61. The van der Waals surface area contributed by atoms with Crippen molar-refractivity contribution in [2.24, 2.45) is 0 Å². The highest BCUT2D eigenvalue weighted by molar-refractivity contribution is 6.32. The molecule has 0 aliphatic heterocycles. The number of carbonyl (C=O) groups excluding carboxylic acids is 1. The zero-order chi connectivity index (χ0) is 14.5. The van der Waals surface area contributed by atoms with Crippen molar-refractivity contribution in [1.29, 1.82) is 0 Å². The van der Waals surface area contributed by atoms with Crippen LogP contribution >= 0.6 is 11.6 Å². The van der Waals surface area contributed by atoms with Gasteiger partial charge < -0.3 is 5.32 Å². The number of anilines is 1. The van der Waals surface area contributed by atoms with Crippen LogP contribution in [-0.2, 0) is 4.79 Å². The van der Waals surface area contributed by atoms with Crippen molar-refractivity contribution in [2.45, 2.75) is 13.8 Å². The predicted molar refractivity (Wildman–Crippen MR) is 85.0 cm³/mol. The second kappa shape index (κ2) is 6.40. The first-order valence-corrected chi connectivity index (χ1v) is 6.74. The Hall–Kier alpha value is -2.06. The van der Waals surface area contributed by atoms with E-state index in [2.05, 4.69) is 11.4 Å². The smallest absolute Gasteiger partial charge is 0.248 e. The van der Waals surface area contributed by atoms with E-state index in [1.807, 2.05) is 44.2 Å². The van der Waals surface area contributed by atoms with Crippen LogP contribution in [0.2, 0.25) is 5.02 Å². The lowest BCUT2D eigenvalue weighted by molar-refractivity contribution is -0.111. The van der Waals surface area contributed by atoms with Crippen molar-refractivity contribution < 1.29 is 4.79 Å². The third-order valence-electron chi connectivity index (χ3n) is 2.81. The van der Waals surface area contributed by atoms with Crippen LogP contribution in [0.25, 0.3) is 6.08 Å². The van der Waals surface area contributed by atoms with Crippen LogP contribution < -0.4 is 5.32 Å². The number of benzene rings is 2. The molecule has 20 heavy (non-hydrogen) atoms. The third-order valence-corrected chi connectivity index (χ3v) is 3.15. The van der Waals surface area contributed by atoms with Crippen LogP contribution in [0.15, 0.2) is 48.5 Å². The average molecular weight is 286 g/mol. The Morgan fingerprint density at radius 3 is 2.40 bits per heavy atom. The van der Waals surface area contributed by atoms with Crippen LogP contribution in [-0.4, -0.2) is 5.91 Å². The summed E-state index contributed by atoms with van der Waals surface area (Å²) in [5, 5.41) is 3.47. The molecule has 0 aliphatic rings. The number of nitrogens with one attached hydrogen (secondary N) is 1. The molecule has 0 saturated carbocycles. The lowest BCUT2D eigenvalue weighted by Gasteiger charge is -2.05. The first-order valence-electron chi connectivity index (χ1n) is 6.36. The van der Waals surface area contributed by atoms with Crippen LogP contribution in [0.1, 0.15) is 16.7 Å². The van der Waals surface area contributed by atoms with Gasteiger partial charge in [-0.05, 0) is 54.8 Å². The molecule has 1 N–H and O–H groups in total. The van der Waals surface area contributed by atoms with Gasteiger partial charge in [0.15, 0.2) is 0 Å². The Morgan fingerprint density at radius 1 is 1.10 bits per heavy atom. The highest BCUT2D eigenvalue weighted by Crippen LogP contribution is 2.17. The van der Waals surface area contributed by atoms with Crippen molar-refractivity contribution in [3.63, 3.8) is 0 Å². The fraction of sp³-hybridized carbons (Fsp3) is 0.118. The number of hydrogen-bond acceptors (Lipinski definition) is 1. The van der Waals surface area contributed by atoms with Gasteiger partial charge in [0.05, 0.1) is 0 Å². The zero-order valence-electron chi connectivity index (χ0n) is 11.5. The van der Waals surface area contributed by atoms with Gasteiger partial charge in [0.1, 0.15) is 0 Å². The number of amides is 1. The maximum absolute atomic E-state index is 11.9. The molecular weight excluding hydrogens is 270 g/mol. The van der Waals surface area contributed by atoms with Crippen molar-refractivity contribution in [2.75, 3.05) is 5.32 Å². The largest absolute Gasteiger partial charge is 0.322 e. The number of aryl methyl sites for hydroxylation is 2. The third kappa shape index (κ3) is 3.97. The molecule has 0 heterocycles. The molecule has 0 bridgehead atoms. The number of halogens is 1. The van der Waals surface area contributed by atoms with E-state index < -0.39 is 0 Å². The van der Waals surface area contributed by atoms with Gasteiger partial charge >= 0.3 is 0 Å². The van der Waals surface area contributed by atoms with Gasteiger partial charge in [-0.3, -0.25) is 4.79 Å². The summed E-state index contributed by atoms with van der Waals surface area (Å²) in [6.07, 6.45) is 3.19. The molecule has 0 unspecified atom stereocenters. The summed E-state index contributed by atoms with van der Waals surface area (Å²) in [6.45, 7) is 4.00. The second-order valence-corrected chi connectivity index (χ2v) is 5.13. The molecule has 0 radical (unpaired) electrons. The molecule has 0 atom stereocenters. The second-order valence-electron chi connectivity index (χ2n) is 4.72. The number of hydrogen-bond donors (Lipinski definition) is 1. The van der Waals surface area contributed by atoms with Crippen molar-refractivity contribution in [3.05, 3.63) is 70.3 Å². The average Bonchev–Trinajstić information content (AvgIpc) is 2.36. The Morgan fingerprint density at radius 2 is 1.75 bits per heavy atom. The van der Waals surface area contributed by atoms with E-state index in [9.17, 15) is 4.79 Å². The standard InChI is InChI=1S/C17H16ClNO/c1-12-9-13(2)11-15(10-12)19-17(20)8-7-14-5-3-4-6-16(14)18/h3-11H,1-2H3,(H,19,20)/b8-7+. The summed E-state index contributed by atoms with van der Waals surface area (Å²) in [4.78, 5) is 11.9.